The van der Waals surface area contributed by atoms with Gasteiger partial charge in [-0.15, -0.1) is 0 Å². The van der Waals surface area contributed by atoms with Crippen molar-refractivity contribution in [1.82, 2.24) is 9.97 Å². The van der Waals surface area contributed by atoms with E-state index in [4.69, 9.17) is 10.7 Å². The minimum atomic E-state index is -0.259. The highest BCUT2D eigenvalue weighted by Crippen LogP contribution is 2.40. The van der Waals surface area contributed by atoms with Crippen LogP contribution in [0.15, 0.2) is 71.7 Å². The molecule has 0 radical (unpaired) electrons. The maximum absolute atomic E-state index is 12.5. The zero-order chi connectivity index (χ0) is 20.7. The first-order valence-corrected chi connectivity index (χ1v) is 10.0. The van der Waals surface area contributed by atoms with Crippen LogP contribution in [0, 0.1) is 11.3 Å². The molecule has 0 atom stereocenters. The van der Waals surface area contributed by atoms with Crippen molar-refractivity contribution in [2.45, 2.75) is 24.8 Å². The summed E-state index contributed by atoms with van der Waals surface area (Å²) < 4.78 is 0. The topological polar surface area (TPSA) is 95.6 Å². The Morgan fingerprint density at radius 1 is 1.03 bits per heavy atom. The van der Waals surface area contributed by atoms with E-state index in [2.05, 4.69) is 23.2 Å². The van der Waals surface area contributed by atoms with E-state index in [1.807, 2.05) is 48.5 Å². The van der Waals surface area contributed by atoms with Gasteiger partial charge in [-0.05, 0) is 36.5 Å². The van der Waals surface area contributed by atoms with E-state index in [0.717, 1.165) is 47.2 Å². The minimum Gasteiger partial charge on any atom is -0.327 e. The van der Waals surface area contributed by atoms with E-state index in [9.17, 15) is 10.1 Å². The fourth-order valence-electron chi connectivity index (χ4n) is 4.12. The van der Waals surface area contributed by atoms with Crippen LogP contribution >= 0.6 is 0 Å². The quantitative estimate of drug-likeness (QED) is 0.538. The first kappa shape index (κ1) is 18.3. The van der Waals surface area contributed by atoms with Gasteiger partial charge in [-0.2, -0.15) is 5.26 Å². The molecule has 3 N–H and O–H groups in total. The van der Waals surface area contributed by atoms with E-state index in [0.29, 0.717) is 16.5 Å². The Labute approximate surface area is 173 Å². The Morgan fingerprint density at radius 2 is 1.77 bits per heavy atom. The normalized spacial score (nSPS) is 14.8. The number of H-pyrrole nitrogens is 1. The van der Waals surface area contributed by atoms with Gasteiger partial charge in [0.25, 0.3) is 5.56 Å². The summed E-state index contributed by atoms with van der Waals surface area (Å²) in [5.41, 5.74) is 11.4. The molecule has 0 spiro atoms. The molecule has 5 nitrogen and oxygen atoms in total. The van der Waals surface area contributed by atoms with Crippen LogP contribution in [-0.4, -0.2) is 9.97 Å². The van der Waals surface area contributed by atoms with Crippen LogP contribution in [0.1, 0.15) is 30.4 Å². The Bertz CT molecular complexity index is 1340. The average molecular weight is 392 g/mol. The molecular formula is C25H20N4O. The second kappa shape index (κ2) is 6.94. The van der Waals surface area contributed by atoms with Gasteiger partial charge in [0.05, 0.1) is 22.2 Å². The summed E-state index contributed by atoms with van der Waals surface area (Å²) >= 11 is 0. The highest BCUT2D eigenvalue weighted by atomic mass is 16.1. The molecule has 0 saturated heterocycles. The standard InChI is InChI=1S/C25H20N4O/c26-14-18-15-28-24(30)21-13-20(16-5-2-1-3-6-16)22(29-23(18)21)17-7-9-19(10-8-17)25(27)11-4-12-25/h1-3,5-10,13,15H,4,11-12,27H2,(H,28,30). The summed E-state index contributed by atoms with van der Waals surface area (Å²) in [7, 11) is 0. The monoisotopic (exact) mass is 392 g/mol. The lowest BCUT2D eigenvalue weighted by Gasteiger charge is -2.38. The van der Waals surface area contributed by atoms with Gasteiger partial charge in [-0.1, -0.05) is 54.6 Å². The van der Waals surface area contributed by atoms with Gasteiger partial charge >= 0.3 is 0 Å². The number of hydrogen-bond acceptors (Lipinski definition) is 4. The maximum atomic E-state index is 12.5. The summed E-state index contributed by atoms with van der Waals surface area (Å²) in [6.07, 6.45) is 4.59. The fraction of sp³-hybridized carbons (Fsp3) is 0.160. The molecule has 2 aromatic heterocycles. The molecule has 146 valence electrons. The van der Waals surface area contributed by atoms with Crippen molar-refractivity contribution in [2.24, 2.45) is 5.73 Å². The zero-order valence-electron chi connectivity index (χ0n) is 16.4. The number of aromatic nitrogens is 2. The van der Waals surface area contributed by atoms with Crippen LogP contribution in [0.4, 0.5) is 0 Å². The molecule has 1 aliphatic rings. The molecule has 0 unspecified atom stereocenters. The predicted molar refractivity (Wildman–Crippen MR) is 118 cm³/mol. The van der Waals surface area contributed by atoms with Gasteiger partial charge in [0.2, 0.25) is 0 Å². The number of fused-ring (bicyclic) bond motifs is 1. The number of pyridine rings is 2. The summed E-state index contributed by atoms with van der Waals surface area (Å²) in [6.45, 7) is 0. The lowest BCUT2D eigenvalue weighted by atomic mass is 9.72. The average Bonchev–Trinajstić information content (AvgIpc) is 2.78. The van der Waals surface area contributed by atoms with Crippen molar-refractivity contribution in [3.8, 4) is 28.5 Å². The summed E-state index contributed by atoms with van der Waals surface area (Å²) in [5.74, 6) is 0. The maximum Gasteiger partial charge on any atom is 0.257 e. The van der Waals surface area contributed by atoms with Gasteiger partial charge in [0.1, 0.15) is 6.07 Å². The van der Waals surface area contributed by atoms with Crippen molar-refractivity contribution in [3.63, 3.8) is 0 Å². The lowest BCUT2D eigenvalue weighted by Crippen LogP contribution is -2.43. The van der Waals surface area contributed by atoms with Crippen LogP contribution in [0.5, 0.6) is 0 Å². The van der Waals surface area contributed by atoms with Crippen LogP contribution in [0.2, 0.25) is 0 Å². The number of nitrogens with two attached hydrogens (primary N) is 1. The number of rotatable bonds is 3. The Balaban J connectivity index is 1.75. The number of nitriles is 1. The van der Waals surface area contributed by atoms with Crippen molar-refractivity contribution >= 4 is 10.9 Å². The van der Waals surface area contributed by atoms with Gasteiger partial charge in [-0.3, -0.25) is 4.79 Å². The SMILES string of the molecule is N#Cc1c[nH]c(=O)c2cc(-c3ccccc3)c(-c3ccc(C4(N)CCC4)cc3)nc12. The van der Waals surface area contributed by atoms with E-state index in [-0.39, 0.29) is 11.1 Å². The third kappa shape index (κ3) is 2.90. The Kier molecular flexibility index (Phi) is 4.23. The number of nitrogens with zero attached hydrogens (tertiary/aromatic N) is 2. The van der Waals surface area contributed by atoms with Gasteiger partial charge in [0.15, 0.2) is 0 Å². The molecule has 1 fully saturated rings. The molecular weight excluding hydrogens is 372 g/mol. The van der Waals surface area contributed by atoms with E-state index in [1.54, 1.807) is 0 Å². The smallest absolute Gasteiger partial charge is 0.257 e. The molecule has 0 aliphatic heterocycles. The number of benzene rings is 2. The molecule has 1 aliphatic carbocycles. The van der Waals surface area contributed by atoms with Crippen LogP contribution in [-0.2, 0) is 5.54 Å². The van der Waals surface area contributed by atoms with Crippen molar-refractivity contribution in [1.29, 1.82) is 5.26 Å². The van der Waals surface area contributed by atoms with E-state index < -0.39 is 0 Å². The van der Waals surface area contributed by atoms with Crippen LogP contribution < -0.4 is 11.3 Å². The predicted octanol–water partition coefficient (Wildman–Crippen LogP) is 4.47. The summed E-state index contributed by atoms with van der Waals surface area (Å²) in [4.78, 5) is 19.9. The zero-order valence-corrected chi connectivity index (χ0v) is 16.4. The molecule has 5 rings (SSSR count). The number of nitrogens with one attached hydrogen (secondary N) is 1. The first-order chi connectivity index (χ1) is 14.6. The molecule has 30 heavy (non-hydrogen) atoms. The highest BCUT2D eigenvalue weighted by Gasteiger charge is 2.34. The highest BCUT2D eigenvalue weighted by molar-refractivity contribution is 5.93. The third-order valence-electron chi connectivity index (χ3n) is 6.05. The van der Waals surface area contributed by atoms with E-state index in [1.165, 1.54) is 6.20 Å². The second-order valence-electron chi connectivity index (χ2n) is 7.88. The molecule has 0 bridgehead atoms. The van der Waals surface area contributed by atoms with Gasteiger partial charge < -0.3 is 10.7 Å². The van der Waals surface area contributed by atoms with Crippen LogP contribution in [0.25, 0.3) is 33.3 Å². The second-order valence-corrected chi connectivity index (χ2v) is 7.88. The number of aromatic amines is 1. The summed E-state index contributed by atoms with van der Waals surface area (Å²) in [6, 6.07) is 22.0. The molecule has 5 heteroatoms. The number of hydrogen-bond donors (Lipinski definition) is 2. The molecule has 0 amide bonds. The minimum absolute atomic E-state index is 0.223. The van der Waals surface area contributed by atoms with Crippen LogP contribution in [0.3, 0.4) is 0 Å². The van der Waals surface area contributed by atoms with Crippen molar-refractivity contribution < 1.29 is 0 Å². The Hall–Kier alpha value is -3.75. The fourth-order valence-corrected chi connectivity index (χ4v) is 4.12. The lowest BCUT2D eigenvalue weighted by molar-refractivity contribution is 0.253. The molecule has 2 aromatic carbocycles. The third-order valence-corrected chi connectivity index (χ3v) is 6.05. The molecule has 4 aromatic rings. The largest absolute Gasteiger partial charge is 0.327 e. The molecule has 2 heterocycles. The van der Waals surface area contributed by atoms with E-state index >= 15 is 0 Å². The van der Waals surface area contributed by atoms with Crippen molar-refractivity contribution in [2.75, 3.05) is 0 Å². The van der Waals surface area contributed by atoms with Gasteiger partial charge in [0, 0.05) is 22.9 Å². The Morgan fingerprint density at radius 3 is 2.40 bits per heavy atom. The molecule has 1 saturated carbocycles. The van der Waals surface area contributed by atoms with Gasteiger partial charge in [-0.25, -0.2) is 4.98 Å². The van der Waals surface area contributed by atoms with Crippen molar-refractivity contribution in [3.05, 3.63) is 88.3 Å². The summed E-state index contributed by atoms with van der Waals surface area (Å²) in [5, 5.41) is 9.91. The first-order valence-electron chi connectivity index (χ1n) is 10.0.